The molecule has 1 fully saturated rings. The zero-order chi connectivity index (χ0) is 13.2. The van der Waals surface area contributed by atoms with Gasteiger partial charge in [0.05, 0.1) is 17.5 Å². The summed E-state index contributed by atoms with van der Waals surface area (Å²) in [5.41, 5.74) is 2.00. The van der Waals surface area contributed by atoms with Gasteiger partial charge in [0.1, 0.15) is 0 Å². The van der Waals surface area contributed by atoms with Crippen molar-refractivity contribution in [3.05, 3.63) is 24.0 Å². The fourth-order valence-corrected chi connectivity index (χ4v) is 2.23. The van der Waals surface area contributed by atoms with Crippen molar-refractivity contribution in [2.24, 2.45) is 7.05 Å². The van der Waals surface area contributed by atoms with Crippen LogP contribution in [0.25, 0.3) is 11.3 Å². The minimum Gasteiger partial charge on any atom is -0.441 e. The summed E-state index contributed by atoms with van der Waals surface area (Å²) in [5, 5.41) is 7.81. The summed E-state index contributed by atoms with van der Waals surface area (Å²) in [6.07, 6.45) is 8.40. The van der Waals surface area contributed by atoms with Crippen molar-refractivity contribution in [2.75, 3.05) is 6.54 Å². The standard InChI is InChI=1S/C14H20N4O/c1-10-12(9-18(2)17-10)13-8-16-14(19-13)4-3-7-15-11-5-6-11/h8-9,11,15H,3-7H2,1-2H3. The summed E-state index contributed by atoms with van der Waals surface area (Å²) in [6, 6.07) is 0.776. The molecule has 0 aromatic carbocycles. The molecule has 5 heteroatoms. The predicted molar refractivity (Wildman–Crippen MR) is 72.8 cm³/mol. The summed E-state index contributed by atoms with van der Waals surface area (Å²) < 4.78 is 7.59. The smallest absolute Gasteiger partial charge is 0.194 e. The molecule has 2 heterocycles. The van der Waals surface area contributed by atoms with Gasteiger partial charge in [-0.3, -0.25) is 4.68 Å². The highest BCUT2D eigenvalue weighted by Gasteiger charge is 2.19. The van der Waals surface area contributed by atoms with Crippen LogP contribution in [-0.2, 0) is 13.5 Å². The average molecular weight is 260 g/mol. The topological polar surface area (TPSA) is 55.9 Å². The molecular weight excluding hydrogens is 240 g/mol. The van der Waals surface area contributed by atoms with Crippen LogP contribution in [0.4, 0.5) is 0 Å². The van der Waals surface area contributed by atoms with Crippen molar-refractivity contribution in [1.82, 2.24) is 20.1 Å². The molecule has 0 saturated heterocycles. The molecule has 19 heavy (non-hydrogen) atoms. The molecule has 0 aliphatic heterocycles. The Kier molecular flexibility index (Phi) is 3.38. The molecule has 0 bridgehead atoms. The van der Waals surface area contributed by atoms with Gasteiger partial charge in [-0.15, -0.1) is 0 Å². The Morgan fingerprint density at radius 1 is 1.47 bits per heavy atom. The van der Waals surface area contributed by atoms with E-state index in [1.54, 1.807) is 10.9 Å². The number of aryl methyl sites for hydroxylation is 3. The lowest BCUT2D eigenvalue weighted by molar-refractivity contribution is 0.491. The number of nitrogens with zero attached hydrogens (tertiary/aromatic N) is 3. The summed E-state index contributed by atoms with van der Waals surface area (Å²) in [6.45, 7) is 3.03. The highest BCUT2D eigenvalue weighted by molar-refractivity contribution is 5.58. The van der Waals surface area contributed by atoms with E-state index in [-0.39, 0.29) is 0 Å². The third kappa shape index (κ3) is 3.04. The maximum absolute atomic E-state index is 5.79. The van der Waals surface area contributed by atoms with Crippen molar-refractivity contribution in [2.45, 2.75) is 38.6 Å². The molecule has 0 spiro atoms. The number of hydrogen-bond acceptors (Lipinski definition) is 4. The molecule has 5 nitrogen and oxygen atoms in total. The molecule has 3 rings (SSSR count). The van der Waals surface area contributed by atoms with Gasteiger partial charge in [-0.1, -0.05) is 0 Å². The SMILES string of the molecule is Cc1nn(C)cc1-c1cnc(CCCNC2CC2)o1. The molecular formula is C14H20N4O. The lowest BCUT2D eigenvalue weighted by Gasteiger charge is -1.99. The summed E-state index contributed by atoms with van der Waals surface area (Å²) >= 11 is 0. The number of oxazole rings is 1. The van der Waals surface area contributed by atoms with Gasteiger partial charge in [0, 0.05) is 25.7 Å². The van der Waals surface area contributed by atoms with E-state index in [1.807, 2.05) is 20.2 Å². The van der Waals surface area contributed by atoms with E-state index >= 15 is 0 Å². The minimum atomic E-state index is 0.776. The number of aromatic nitrogens is 3. The monoisotopic (exact) mass is 260 g/mol. The molecule has 1 aliphatic rings. The van der Waals surface area contributed by atoms with Crippen molar-refractivity contribution >= 4 is 0 Å². The van der Waals surface area contributed by atoms with E-state index < -0.39 is 0 Å². The maximum atomic E-state index is 5.79. The molecule has 0 amide bonds. The van der Waals surface area contributed by atoms with Crippen LogP contribution in [0.3, 0.4) is 0 Å². The molecule has 1 aliphatic carbocycles. The summed E-state index contributed by atoms with van der Waals surface area (Å²) in [7, 11) is 1.91. The zero-order valence-corrected chi connectivity index (χ0v) is 11.5. The number of nitrogens with one attached hydrogen (secondary N) is 1. The fourth-order valence-electron chi connectivity index (χ4n) is 2.23. The van der Waals surface area contributed by atoms with E-state index in [1.165, 1.54) is 12.8 Å². The second-order valence-electron chi connectivity index (χ2n) is 5.25. The molecule has 1 N–H and O–H groups in total. The van der Waals surface area contributed by atoms with Crippen LogP contribution in [0.1, 0.15) is 30.8 Å². The predicted octanol–water partition coefficient (Wildman–Crippen LogP) is 2.07. The Hall–Kier alpha value is -1.62. The zero-order valence-electron chi connectivity index (χ0n) is 11.5. The Bertz CT molecular complexity index is 554. The molecule has 0 atom stereocenters. The van der Waals surface area contributed by atoms with Crippen molar-refractivity contribution in [1.29, 1.82) is 0 Å². The Morgan fingerprint density at radius 3 is 3.00 bits per heavy atom. The van der Waals surface area contributed by atoms with Gasteiger partial charge in [0.2, 0.25) is 0 Å². The van der Waals surface area contributed by atoms with Crippen LogP contribution in [0.15, 0.2) is 16.8 Å². The van der Waals surface area contributed by atoms with Crippen LogP contribution in [0.2, 0.25) is 0 Å². The van der Waals surface area contributed by atoms with E-state index in [2.05, 4.69) is 15.4 Å². The Morgan fingerprint density at radius 2 is 2.32 bits per heavy atom. The quantitative estimate of drug-likeness (QED) is 0.808. The molecule has 102 valence electrons. The average Bonchev–Trinajstić information content (AvgIpc) is 2.98. The largest absolute Gasteiger partial charge is 0.441 e. The van der Waals surface area contributed by atoms with Gasteiger partial charge in [-0.25, -0.2) is 4.98 Å². The molecule has 0 radical (unpaired) electrons. The van der Waals surface area contributed by atoms with Crippen LogP contribution in [0, 0.1) is 6.92 Å². The van der Waals surface area contributed by atoms with Crippen molar-refractivity contribution in [3.63, 3.8) is 0 Å². The van der Waals surface area contributed by atoms with E-state index in [0.717, 1.165) is 48.3 Å². The normalized spacial score (nSPS) is 15.1. The highest BCUT2D eigenvalue weighted by atomic mass is 16.4. The minimum absolute atomic E-state index is 0.776. The van der Waals surface area contributed by atoms with Crippen LogP contribution < -0.4 is 5.32 Å². The highest BCUT2D eigenvalue weighted by Crippen LogP contribution is 2.23. The third-order valence-corrected chi connectivity index (χ3v) is 3.41. The maximum Gasteiger partial charge on any atom is 0.194 e. The molecule has 2 aromatic rings. The van der Waals surface area contributed by atoms with Gasteiger partial charge in [0.15, 0.2) is 11.7 Å². The molecule has 1 saturated carbocycles. The lowest BCUT2D eigenvalue weighted by atomic mass is 10.2. The third-order valence-electron chi connectivity index (χ3n) is 3.41. The lowest BCUT2D eigenvalue weighted by Crippen LogP contribution is -2.17. The van der Waals surface area contributed by atoms with Crippen molar-refractivity contribution < 1.29 is 4.42 Å². The first-order valence-electron chi connectivity index (χ1n) is 6.91. The summed E-state index contributed by atoms with van der Waals surface area (Å²) in [4.78, 5) is 4.34. The summed E-state index contributed by atoms with van der Waals surface area (Å²) in [5.74, 6) is 1.63. The van der Waals surface area contributed by atoms with Gasteiger partial charge >= 0.3 is 0 Å². The Labute approximate surface area is 113 Å². The van der Waals surface area contributed by atoms with Gasteiger partial charge in [-0.05, 0) is 32.7 Å². The number of hydrogen-bond donors (Lipinski definition) is 1. The van der Waals surface area contributed by atoms with E-state index in [0.29, 0.717) is 0 Å². The first kappa shape index (κ1) is 12.4. The van der Waals surface area contributed by atoms with Gasteiger partial charge in [-0.2, -0.15) is 5.10 Å². The van der Waals surface area contributed by atoms with Gasteiger partial charge in [0.25, 0.3) is 0 Å². The second kappa shape index (κ2) is 5.17. The van der Waals surface area contributed by atoms with Crippen LogP contribution in [0.5, 0.6) is 0 Å². The fraction of sp³-hybridized carbons (Fsp3) is 0.571. The van der Waals surface area contributed by atoms with Gasteiger partial charge < -0.3 is 9.73 Å². The first-order chi connectivity index (χ1) is 9.22. The van der Waals surface area contributed by atoms with Crippen LogP contribution >= 0.6 is 0 Å². The van der Waals surface area contributed by atoms with E-state index in [4.69, 9.17) is 4.42 Å². The van der Waals surface area contributed by atoms with Crippen LogP contribution in [-0.4, -0.2) is 27.4 Å². The van der Waals surface area contributed by atoms with Crippen molar-refractivity contribution in [3.8, 4) is 11.3 Å². The first-order valence-corrected chi connectivity index (χ1v) is 6.91. The van der Waals surface area contributed by atoms with E-state index in [9.17, 15) is 0 Å². The Balaban J connectivity index is 1.57. The second-order valence-corrected chi connectivity index (χ2v) is 5.25. The number of rotatable bonds is 6. The molecule has 0 unspecified atom stereocenters. The molecule has 2 aromatic heterocycles.